The van der Waals surface area contributed by atoms with E-state index in [0.29, 0.717) is 43.4 Å². The van der Waals surface area contributed by atoms with Crippen molar-refractivity contribution >= 4 is 17.9 Å². The number of nitrogens with zero attached hydrogens (tertiary/aromatic N) is 1. The van der Waals surface area contributed by atoms with E-state index in [-0.39, 0.29) is 0 Å². The second-order valence-corrected chi connectivity index (χ2v) is 12.9. The first-order valence-corrected chi connectivity index (χ1v) is 17.2. The predicted molar refractivity (Wildman–Crippen MR) is 170 cm³/mol. The second kappa shape index (κ2) is 25.6. The second-order valence-electron chi connectivity index (χ2n) is 12.9. The summed E-state index contributed by atoms with van der Waals surface area (Å²) in [5, 5.41) is 30.2. The standard InChI is InChI=1S/C35H65NO6/c1-5-6-7-8-9-10-11-12-13-14-15-16-17-18-19-20-21-22-26-36(27-23-30(2)33(37)38,28-24-31(3)34(39)40)29-25-32(4)35(41)42/h9-10,30-32H,5-8,11-29H2,1-4H3,(H2-,37,38,39,40,41,42)/b10-9+. The third-order valence-corrected chi connectivity index (χ3v) is 9.00. The van der Waals surface area contributed by atoms with Crippen molar-refractivity contribution < 1.29 is 34.2 Å². The number of aliphatic carboxylic acids is 3. The fourth-order valence-corrected chi connectivity index (χ4v) is 5.49. The molecule has 246 valence electrons. The number of allylic oxidation sites excluding steroid dienone is 2. The molecule has 0 aliphatic rings. The van der Waals surface area contributed by atoms with E-state index >= 15 is 0 Å². The highest BCUT2D eigenvalue weighted by Crippen LogP contribution is 2.22. The molecule has 0 heterocycles. The number of carbonyl (C=O) groups is 3. The first-order chi connectivity index (χ1) is 20.0. The van der Waals surface area contributed by atoms with Crippen LogP contribution in [0, 0.1) is 17.8 Å². The molecule has 2 N–H and O–H groups in total. The SMILES string of the molecule is CCCCC/C=C/CCCCCCCCCCCCC[N+](CCC(C)C(=O)[O-])(CCC(C)C(=O)O)CCC(C)C(=O)O. The van der Waals surface area contributed by atoms with Gasteiger partial charge in [0, 0.05) is 31.1 Å². The van der Waals surface area contributed by atoms with E-state index in [1.54, 1.807) is 20.8 Å². The Morgan fingerprint density at radius 3 is 1.31 bits per heavy atom. The molecule has 0 saturated heterocycles. The molecule has 0 aliphatic carbocycles. The number of hydrogen-bond donors (Lipinski definition) is 2. The van der Waals surface area contributed by atoms with Gasteiger partial charge in [0.1, 0.15) is 0 Å². The van der Waals surface area contributed by atoms with Crippen LogP contribution in [0.3, 0.4) is 0 Å². The van der Waals surface area contributed by atoms with Crippen LogP contribution >= 0.6 is 0 Å². The van der Waals surface area contributed by atoms with Crippen molar-refractivity contribution in [3.63, 3.8) is 0 Å². The summed E-state index contributed by atoms with van der Waals surface area (Å²) in [6.45, 7) is 9.97. The third kappa shape index (κ3) is 21.8. The molecule has 0 rings (SSSR count). The van der Waals surface area contributed by atoms with Gasteiger partial charge >= 0.3 is 11.9 Å². The van der Waals surface area contributed by atoms with E-state index in [9.17, 15) is 29.7 Å². The highest BCUT2D eigenvalue weighted by atomic mass is 16.4. The van der Waals surface area contributed by atoms with Crippen molar-refractivity contribution in [1.29, 1.82) is 0 Å². The predicted octanol–water partition coefficient (Wildman–Crippen LogP) is 7.62. The Morgan fingerprint density at radius 1 is 0.571 bits per heavy atom. The van der Waals surface area contributed by atoms with Gasteiger partial charge in [0.05, 0.1) is 38.0 Å². The van der Waals surface area contributed by atoms with Gasteiger partial charge in [0.15, 0.2) is 0 Å². The number of unbranched alkanes of at least 4 members (excludes halogenated alkanes) is 14. The quantitative estimate of drug-likeness (QED) is 0.0501. The van der Waals surface area contributed by atoms with Crippen molar-refractivity contribution in [3.8, 4) is 0 Å². The van der Waals surface area contributed by atoms with Crippen molar-refractivity contribution in [2.45, 2.75) is 150 Å². The Kier molecular flexibility index (Phi) is 24.4. The number of rotatable bonds is 30. The molecule has 0 aromatic carbocycles. The largest absolute Gasteiger partial charge is 0.550 e. The minimum atomic E-state index is -1.07. The Balaban J connectivity index is 4.51. The van der Waals surface area contributed by atoms with Gasteiger partial charge in [-0.15, -0.1) is 0 Å². The molecule has 0 aromatic rings. The lowest BCUT2D eigenvalue weighted by atomic mass is 10.0. The van der Waals surface area contributed by atoms with Gasteiger partial charge in [-0.25, -0.2) is 0 Å². The van der Waals surface area contributed by atoms with E-state index in [1.165, 1.54) is 83.5 Å². The average Bonchev–Trinajstić information content (AvgIpc) is 2.96. The van der Waals surface area contributed by atoms with Crippen LogP contribution in [0.5, 0.6) is 0 Å². The third-order valence-electron chi connectivity index (χ3n) is 9.00. The van der Waals surface area contributed by atoms with E-state index in [0.717, 1.165) is 25.8 Å². The Labute approximate surface area is 257 Å². The number of quaternary nitrogens is 1. The molecule has 3 atom stereocenters. The lowest BCUT2D eigenvalue weighted by Gasteiger charge is -2.41. The molecule has 0 aliphatic heterocycles. The van der Waals surface area contributed by atoms with Crippen molar-refractivity contribution in [1.82, 2.24) is 0 Å². The lowest BCUT2D eigenvalue weighted by molar-refractivity contribution is -0.929. The smallest absolute Gasteiger partial charge is 0.306 e. The summed E-state index contributed by atoms with van der Waals surface area (Å²) in [6.07, 6.45) is 26.2. The highest BCUT2D eigenvalue weighted by Gasteiger charge is 2.30. The number of carboxylic acid groups (broad SMARTS) is 3. The maximum absolute atomic E-state index is 11.5. The van der Waals surface area contributed by atoms with Crippen LogP contribution in [-0.4, -0.2) is 58.8 Å². The number of carbonyl (C=O) groups excluding carboxylic acids is 1. The summed E-state index contributed by atoms with van der Waals surface area (Å²) in [7, 11) is 0. The van der Waals surface area contributed by atoms with Crippen LogP contribution in [0.15, 0.2) is 12.2 Å². The van der Waals surface area contributed by atoms with Gasteiger partial charge in [-0.2, -0.15) is 0 Å². The molecule has 7 heteroatoms. The maximum atomic E-state index is 11.5. The first kappa shape index (κ1) is 40.1. The minimum absolute atomic E-state index is 0.445. The zero-order valence-corrected chi connectivity index (χ0v) is 27.6. The Bertz CT molecular complexity index is 677. The summed E-state index contributed by atoms with van der Waals surface area (Å²) in [6, 6.07) is 0. The average molecular weight is 596 g/mol. The van der Waals surface area contributed by atoms with Crippen LogP contribution in [0.2, 0.25) is 0 Å². The van der Waals surface area contributed by atoms with Crippen LogP contribution in [0.4, 0.5) is 0 Å². The summed E-state index contributed by atoms with van der Waals surface area (Å²) < 4.78 is 0.585. The van der Waals surface area contributed by atoms with E-state index < -0.39 is 35.7 Å². The number of hydrogen-bond acceptors (Lipinski definition) is 4. The normalized spacial score (nSPS) is 15.3. The molecule has 0 saturated carbocycles. The molecular formula is C35H65NO6. The summed E-state index contributed by atoms with van der Waals surface area (Å²) in [4.78, 5) is 34.4. The van der Waals surface area contributed by atoms with Crippen molar-refractivity contribution in [2.24, 2.45) is 17.8 Å². The topological polar surface area (TPSA) is 115 Å². The summed E-state index contributed by atoms with van der Waals surface area (Å²) in [5.41, 5.74) is 0. The Morgan fingerprint density at radius 2 is 0.929 bits per heavy atom. The van der Waals surface area contributed by atoms with Crippen LogP contribution in [0.25, 0.3) is 0 Å². The fraction of sp³-hybridized carbons (Fsp3) is 0.857. The molecular weight excluding hydrogens is 530 g/mol. The zero-order chi connectivity index (χ0) is 31.6. The maximum Gasteiger partial charge on any atom is 0.306 e. The molecule has 3 unspecified atom stereocenters. The molecule has 0 aromatic heterocycles. The van der Waals surface area contributed by atoms with E-state index in [1.807, 2.05) is 0 Å². The molecule has 0 fully saturated rings. The molecule has 0 radical (unpaired) electrons. The lowest BCUT2D eigenvalue weighted by Crippen LogP contribution is -2.52. The van der Waals surface area contributed by atoms with Gasteiger partial charge in [-0.1, -0.05) is 104 Å². The van der Waals surface area contributed by atoms with Gasteiger partial charge in [0.25, 0.3) is 0 Å². The van der Waals surface area contributed by atoms with Gasteiger partial charge < -0.3 is 24.6 Å². The van der Waals surface area contributed by atoms with E-state index in [2.05, 4.69) is 19.1 Å². The zero-order valence-electron chi connectivity index (χ0n) is 27.6. The van der Waals surface area contributed by atoms with Crippen LogP contribution in [0.1, 0.15) is 150 Å². The highest BCUT2D eigenvalue weighted by molar-refractivity contribution is 5.69. The number of carboxylic acids is 3. The Hall–Kier alpha value is -1.89. The molecule has 42 heavy (non-hydrogen) atoms. The first-order valence-electron chi connectivity index (χ1n) is 17.2. The van der Waals surface area contributed by atoms with Gasteiger partial charge in [-0.05, 0) is 38.5 Å². The molecule has 7 nitrogen and oxygen atoms in total. The minimum Gasteiger partial charge on any atom is -0.550 e. The molecule has 0 amide bonds. The summed E-state index contributed by atoms with van der Waals surface area (Å²) in [5.74, 6) is -4.31. The molecule has 0 bridgehead atoms. The van der Waals surface area contributed by atoms with Crippen LogP contribution in [-0.2, 0) is 14.4 Å². The monoisotopic (exact) mass is 595 g/mol. The van der Waals surface area contributed by atoms with E-state index in [4.69, 9.17) is 0 Å². The van der Waals surface area contributed by atoms with Crippen molar-refractivity contribution in [3.05, 3.63) is 12.2 Å². The van der Waals surface area contributed by atoms with Gasteiger partial charge in [0.2, 0.25) is 0 Å². The van der Waals surface area contributed by atoms with Crippen molar-refractivity contribution in [2.75, 3.05) is 26.2 Å². The fourth-order valence-electron chi connectivity index (χ4n) is 5.49. The van der Waals surface area contributed by atoms with Crippen LogP contribution < -0.4 is 5.11 Å². The molecule has 0 spiro atoms. The van der Waals surface area contributed by atoms with Gasteiger partial charge in [-0.3, -0.25) is 9.59 Å². The summed E-state index contributed by atoms with van der Waals surface area (Å²) >= 11 is 0.